The van der Waals surface area contributed by atoms with Crippen LogP contribution in [0.1, 0.15) is 17.3 Å². The van der Waals surface area contributed by atoms with Crippen molar-refractivity contribution in [2.24, 2.45) is 0 Å². The summed E-state index contributed by atoms with van der Waals surface area (Å²) in [5.41, 5.74) is 0.160. The highest BCUT2D eigenvalue weighted by atomic mass is 32.2. The monoisotopic (exact) mass is 307 g/mol. The predicted octanol–water partition coefficient (Wildman–Crippen LogP) is 1.11. The number of hydrogen-bond acceptors (Lipinski definition) is 4. The van der Waals surface area contributed by atoms with Crippen molar-refractivity contribution in [2.45, 2.75) is 24.4 Å². The average molecular weight is 307 g/mol. The van der Waals surface area contributed by atoms with E-state index >= 15 is 0 Å². The van der Waals surface area contributed by atoms with Crippen LogP contribution in [0.5, 0.6) is 0 Å². The van der Waals surface area contributed by atoms with Crippen molar-refractivity contribution in [1.82, 2.24) is 15.1 Å². The lowest BCUT2D eigenvalue weighted by Gasteiger charge is -2.15. The molecule has 7 heteroatoms. The van der Waals surface area contributed by atoms with E-state index in [0.29, 0.717) is 6.54 Å². The molecule has 0 radical (unpaired) electrons. The van der Waals surface area contributed by atoms with Gasteiger partial charge in [-0.1, -0.05) is 12.1 Å². The number of carbonyl (C=O) groups is 1. The maximum absolute atomic E-state index is 12.2. The third kappa shape index (κ3) is 3.91. The zero-order valence-corrected chi connectivity index (χ0v) is 12.7. The molecule has 0 saturated heterocycles. The van der Waals surface area contributed by atoms with E-state index in [1.54, 1.807) is 35.3 Å². The first-order valence-corrected chi connectivity index (χ1v) is 8.34. The van der Waals surface area contributed by atoms with Gasteiger partial charge in [-0.15, -0.1) is 0 Å². The maximum atomic E-state index is 12.2. The second kappa shape index (κ2) is 6.09. The van der Waals surface area contributed by atoms with Gasteiger partial charge in [-0.05, 0) is 25.1 Å². The molecule has 1 atom stereocenters. The highest BCUT2D eigenvalue weighted by Crippen LogP contribution is 2.15. The van der Waals surface area contributed by atoms with Crippen molar-refractivity contribution >= 4 is 15.7 Å². The lowest BCUT2D eigenvalue weighted by molar-refractivity contribution is 0.0932. The summed E-state index contributed by atoms with van der Waals surface area (Å²) in [6.07, 6.45) is 4.55. The fourth-order valence-corrected chi connectivity index (χ4v) is 2.90. The number of nitrogens with one attached hydrogen (secondary N) is 1. The Morgan fingerprint density at radius 1 is 1.33 bits per heavy atom. The number of amides is 1. The van der Waals surface area contributed by atoms with Crippen LogP contribution in [-0.4, -0.2) is 36.4 Å². The number of aromatic nitrogens is 2. The minimum Gasteiger partial charge on any atom is -0.348 e. The van der Waals surface area contributed by atoms with E-state index in [1.165, 1.54) is 12.1 Å². The van der Waals surface area contributed by atoms with E-state index in [4.69, 9.17) is 0 Å². The molecule has 112 valence electrons. The Morgan fingerprint density at radius 2 is 2.05 bits per heavy atom. The minimum atomic E-state index is -3.44. The van der Waals surface area contributed by atoms with Gasteiger partial charge in [0.25, 0.3) is 5.91 Å². The van der Waals surface area contributed by atoms with Gasteiger partial charge >= 0.3 is 0 Å². The summed E-state index contributed by atoms with van der Waals surface area (Å²) in [4.78, 5) is 12.3. The molecule has 6 nitrogen and oxygen atoms in total. The Labute approximate surface area is 123 Å². The summed E-state index contributed by atoms with van der Waals surface area (Å²) in [6, 6.07) is 7.80. The number of carbonyl (C=O) groups excluding carboxylic acids is 1. The standard InChI is InChI=1S/C14H17N3O3S/c1-11(10-17-9-5-8-15-17)16-14(18)12-6-3-4-7-13(12)21(2,19)20/h3-9,11H,10H2,1-2H3,(H,16,18). The lowest BCUT2D eigenvalue weighted by Crippen LogP contribution is -2.36. The summed E-state index contributed by atoms with van der Waals surface area (Å²) >= 11 is 0. The minimum absolute atomic E-state index is 0.0359. The van der Waals surface area contributed by atoms with E-state index in [0.717, 1.165) is 6.26 Å². The molecule has 0 aliphatic heterocycles. The van der Waals surface area contributed by atoms with Gasteiger partial charge in [0.05, 0.1) is 17.0 Å². The normalized spacial score (nSPS) is 12.9. The summed E-state index contributed by atoms with van der Waals surface area (Å²) < 4.78 is 25.1. The zero-order valence-electron chi connectivity index (χ0n) is 11.9. The predicted molar refractivity (Wildman–Crippen MR) is 78.7 cm³/mol. The topological polar surface area (TPSA) is 81.1 Å². The Morgan fingerprint density at radius 3 is 2.67 bits per heavy atom. The molecule has 0 bridgehead atoms. The molecular formula is C14H17N3O3S. The largest absolute Gasteiger partial charge is 0.348 e. The second-order valence-corrected chi connectivity index (χ2v) is 6.86. The summed E-state index contributed by atoms with van der Waals surface area (Å²) in [5.74, 6) is -0.407. The first-order valence-electron chi connectivity index (χ1n) is 6.45. The molecule has 0 aliphatic rings. The average Bonchev–Trinajstić information content (AvgIpc) is 2.90. The fraction of sp³-hybridized carbons (Fsp3) is 0.286. The molecule has 2 aromatic rings. The molecule has 2 rings (SSSR count). The fourth-order valence-electron chi connectivity index (χ4n) is 2.01. The van der Waals surface area contributed by atoms with Gasteiger partial charge in [0, 0.05) is 24.7 Å². The first kappa shape index (κ1) is 15.2. The van der Waals surface area contributed by atoms with Crippen LogP contribution in [0.3, 0.4) is 0 Å². The molecule has 21 heavy (non-hydrogen) atoms. The van der Waals surface area contributed by atoms with Crippen LogP contribution in [0.25, 0.3) is 0 Å². The van der Waals surface area contributed by atoms with Crippen LogP contribution >= 0.6 is 0 Å². The highest BCUT2D eigenvalue weighted by Gasteiger charge is 2.19. The Balaban J connectivity index is 2.14. The Bertz CT molecular complexity index is 724. The van der Waals surface area contributed by atoms with Crippen molar-refractivity contribution in [3.63, 3.8) is 0 Å². The van der Waals surface area contributed by atoms with E-state index in [-0.39, 0.29) is 16.5 Å². The molecule has 0 aliphatic carbocycles. The van der Waals surface area contributed by atoms with E-state index < -0.39 is 15.7 Å². The van der Waals surface area contributed by atoms with Crippen LogP contribution < -0.4 is 5.32 Å². The SMILES string of the molecule is CC(Cn1cccn1)NC(=O)c1ccccc1S(C)(=O)=O. The number of hydrogen-bond donors (Lipinski definition) is 1. The van der Waals surface area contributed by atoms with Crippen LogP contribution in [0, 0.1) is 0 Å². The van der Waals surface area contributed by atoms with E-state index in [9.17, 15) is 13.2 Å². The lowest BCUT2D eigenvalue weighted by atomic mass is 10.2. The van der Waals surface area contributed by atoms with Gasteiger partial charge in [0.2, 0.25) is 0 Å². The smallest absolute Gasteiger partial charge is 0.252 e. The van der Waals surface area contributed by atoms with Crippen LogP contribution in [0.15, 0.2) is 47.6 Å². The van der Waals surface area contributed by atoms with Crippen molar-refractivity contribution in [2.75, 3.05) is 6.26 Å². The van der Waals surface area contributed by atoms with Crippen LogP contribution in [0.2, 0.25) is 0 Å². The van der Waals surface area contributed by atoms with Crippen molar-refractivity contribution < 1.29 is 13.2 Å². The molecule has 1 aromatic carbocycles. The third-order valence-electron chi connectivity index (χ3n) is 2.93. The van der Waals surface area contributed by atoms with Gasteiger partial charge in [0.15, 0.2) is 9.84 Å². The molecule has 1 N–H and O–H groups in total. The number of benzene rings is 1. The van der Waals surface area contributed by atoms with Crippen molar-refractivity contribution in [1.29, 1.82) is 0 Å². The molecule has 1 amide bonds. The number of nitrogens with zero attached hydrogens (tertiary/aromatic N) is 2. The molecule has 1 aromatic heterocycles. The summed E-state index contributed by atoms with van der Waals surface area (Å²) in [6.45, 7) is 2.35. The highest BCUT2D eigenvalue weighted by molar-refractivity contribution is 7.90. The molecule has 1 heterocycles. The first-order chi connectivity index (χ1) is 9.88. The number of sulfone groups is 1. The van der Waals surface area contributed by atoms with Crippen LogP contribution in [0.4, 0.5) is 0 Å². The van der Waals surface area contributed by atoms with Gasteiger partial charge in [0.1, 0.15) is 0 Å². The summed E-state index contributed by atoms with van der Waals surface area (Å²) in [5, 5.41) is 6.85. The Kier molecular flexibility index (Phi) is 4.42. The maximum Gasteiger partial charge on any atom is 0.252 e. The quantitative estimate of drug-likeness (QED) is 0.897. The van der Waals surface area contributed by atoms with Gasteiger partial charge < -0.3 is 5.32 Å². The Hall–Kier alpha value is -2.15. The number of rotatable bonds is 5. The molecular weight excluding hydrogens is 290 g/mol. The van der Waals surface area contributed by atoms with Crippen molar-refractivity contribution in [3.05, 3.63) is 48.3 Å². The van der Waals surface area contributed by atoms with Crippen molar-refractivity contribution in [3.8, 4) is 0 Å². The van der Waals surface area contributed by atoms with Gasteiger partial charge in [-0.25, -0.2) is 8.42 Å². The zero-order chi connectivity index (χ0) is 15.5. The van der Waals surface area contributed by atoms with Crippen LogP contribution in [-0.2, 0) is 16.4 Å². The molecule has 0 spiro atoms. The summed E-state index contributed by atoms with van der Waals surface area (Å²) in [7, 11) is -3.44. The van der Waals surface area contributed by atoms with E-state index in [1.807, 2.05) is 6.92 Å². The second-order valence-electron chi connectivity index (χ2n) is 4.87. The van der Waals surface area contributed by atoms with E-state index in [2.05, 4.69) is 10.4 Å². The molecule has 1 unspecified atom stereocenters. The van der Waals surface area contributed by atoms with Gasteiger partial charge in [-0.2, -0.15) is 5.10 Å². The molecule has 0 saturated carbocycles. The third-order valence-corrected chi connectivity index (χ3v) is 4.08. The molecule has 0 fully saturated rings. The van der Waals surface area contributed by atoms with Gasteiger partial charge in [-0.3, -0.25) is 9.48 Å².